The number of imidazole rings is 1. The second kappa shape index (κ2) is 8.52. The third-order valence-electron chi connectivity index (χ3n) is 8.57. The number of carboxylic acid groups (broad SMARTS) is 1. The molecular formula is C26H33ClN6O2. The number of aryl methyl sites for hydroxylation is 1. The second-order valence-corrected chi connectivity index (χ2v) is 11.4. The van der Waals surface area contributed by atoms with Crippen LogP contribution in [-0.4, -0.2) is 49.7 Å². The zero-order valence-corrected chi connectivity index (χ0v) is 21.1. The number of hydrogen-bond donors (Lipinski definition) is 2. The second-order valence-electron chi connectivity index (χ2n) is 10.9. The molecule has 2 fully saturated rings. The summed E-state index contributed by atoms with van der Waals surface area (Å²) in [6, 6.07) is 4.47. The number of rotatable bonds is 4. The number of nitrogens with zero attached hydrogens (tertiary/aromatic N) is 5. The van der Waals surface area contributed by atoms with Gasteiger partial charge in [-0.15, -0.1) is 0 Å². The van der Waals surface area contributed by atoms with Crippen molar-refractivity contribution in [1.82, 2.24) is 24.6 Å². The third-order valence-corrected chi connectivity index (χ3v) is 8.77. The molecule has 186 valence electrons. The minimum absolute atomic E-state index is 0.0342. The summed E-state index contributed by atoms with van der Waals surface area (Å²) in [5, 5.41) is 18.4. The van der Waals surface area contributed by atoms with E-state index in [1.54, 1.807) is 6.20 Å². The van der Waals surface area contributed by atoms with Gasteiger partial charge >= 0.3 is 6.09 Å². The van der Waals surface area contributed by atoms with Gasteiger partial charge in [0.2, 0.25) is 0 Å². The van der Waals surface area contributed by atoms with E-state index in [2.05, 4.69) is 28.0 Å². The van der Waals surface area contributed by atoms with E-state index in [0.29, 0.717) is 23.0 Å². The molecule has 0 radical (unpaired) electrons. The first-order valence-corrected chi connectivity index (χ1v) is 13.2. The Hall–Kier alpha value is -2.58. The van der Waals surface area contributed by atoms with Crippen molar-refractivity contribution in [2.24, 2.45) is 5.41 Å². The third kappa shape index (κ3) is 3.82. The molecule has 3 aromatic rings. The van der Waals surface area contributed by atoms with E-state index in [-0.39, 0.29) is 12.0 Å². The summed E-state index contributed by atoms with van der Waals surface area (Å²) in [6.07, 6.45) is 9.05. The Bertz CT molecular complexity index is 1270. The molecule has 0 unspecified atom stereocenters. The molecule has 6 rings (SSSR count). The first-order chi connectivity index (χ1) is 16.8. The topological polar surface area (TPSA) is 88.2 Å². The monoisotopic (exact) mass is 496 g/mol. The smallest absolute Gasteiger partial charge is 0.412 e. The van der Waals surface area contributed by atoms with Crippen LogP contribution in [0.25, 0.3) is 11.0 Å². The number of fused-ring (bicyclic) bond motifs is 3. The SMILES string of the molecule is C[C@@H](Cn1cc(Cl)cn1)c1nc2c3c(ccc2n1C1CCC2(CC1)CNC2)N(C(=O)O)[C@@H](C)CC3. The molecule has 1 aliphatic carbocycles. The average molecular weight is 497 g/mol. The van der Waals surface area contributed by atoms with Crippen LogP contribution >= 0.6 is 11.6 Å². The summed E-state index contributed by atoms with van der Waals surface area (Å²) < 4.78 is 4.36. The van der Waals surface area contributed by atoms with E-state index in [9.17, 15) is 9.90 Å². The van der Waals surface area contributed by atoms with Crippen LogP contribution in [-0.2, 0) is 13.0 Å². The van der Waals surface area contributed by atoms with Crippen molar-refractivity contribution in [2.45, 2.75) is 76.9 Å². The van der Waals surface area contributed by atoms with E-state index in [1.165, 1.54) is 17.7 Å². The Balaban J connectivity index is 1.44. The van der Waals surface area contributed by atoms with Crippen LogP contribution in [0.4, 0.5) is 10.5 Å². The highest BCUT2D eigenvalue weighted by Crippen LogP contribution is 2.46. The van der Waals surface area contributed by atoms with E-state index >= 15 is 0 Å². The molecule has 0 bridgehead atoms. The predicted molar refractivity (Wildman–Crippen MR) is 136 cm³/mol. The standard InChI is InChI=1S/C26H33ClN6O2/c1-16(12-31-13-18(27)11-29-31)24-30-23-20-4-3-17(2)32(25(34)35)21(20)5-6-22(23)33(24)19-7-9-26(10-8-19)14-28-15-26/h5-6,11,13,16-17,19,28H,3-4,7-10,12,14-15H2,1-2H3,(H,34,35)/t16-,17-/m0/s1. The fourth-order valence-electron chi connectivity index (χ4n) is 6.54. The van der Waals surface area contributed by atoms with E-state index in [1.807, 2.05) is 23.9 Å². The van der Waals surface area contributed by atoms with Gasteiger partial charge in [0.1, 0.15) is 5.82 Å². The number of halogens is 1. The summed E-state index contributed by atoms with van der Waals surface area (Å²) in [5.41, 5.74) is 4.44. The summed E-state index contributed by atoms with van der Waals surface area (Å²) in [7, 11) is 0. The van der Waals surface area contributed by atoms with Crippen molar-refractivity contribution in [2.75, 3.05) is 18.0 Å². The highest BCUT2D eigenvalue weighted by molar-refractivity contribution is 6.30. The first kappa shape index (κ1) is 22.9. The van der Waals surface area contributed by atoms with Gasteiger partial charge in [-0.1, -0.05) is 18.5 Å². The molecule has 1 saturated carbocycles. The molecule has 2 aliphatic heterocycles. The minimum Gasteiger partial charge on any atom is -0.465 e. The van der Waals surface area contributed by atoms with Gasteiger partial charge in [0.25, 0.3) is 0 Å². The van der Waals surface area contributed by atoms with Gasteiger partial charge in [0.15, 0.2) is 0 Å². The molecular weight excluding hydrogens is 464 g/mol. The molecule has 2 aromatic heterocycles. The van der Waals surface area contributed by atoms with Crippen LogP contribution in [0.15, 0.2) is 24.5 Å². The van der Waals surface area contributed by atoms with Crippen LogP contribution < -0.4 is 10.2 Å². The molecule has 1 amide bonds. The maximum absolute atomic E-state index is 12.1. The van der Waals surface area contributed by atoms with Crippen LogP contribution in [0.1, 0.15) is 69.3 Å². The Labute approximate surface area is 210 Å². The Morgan fingerprint density at radius 1 is 1.29 bits per heavy atom. The summed E-state index contributed by atoms with van der Waals surface area (Å²) in [4.78, 5) is 18.8. The number of anilines is 1. The van der Waals surface area contributed by atoms with Crippen molar-refractivity contribution in [3.8, 4) is 0 Å². The summed E-state index contributed by atoms with van der Waals surface area (Å²) in [6.45, 7) is 7.16. The van der Waals surface area contributed by atoms with Crippen molar-refractivity contribution in [1.29, 1.82) is 0 Å². The molecule has 35 heavy (non-hydrogen) atoms. The molecule has 9 heteroatoms. The van der Waals surface area contributed by atoms with Crippen molar-refractivity contribution in [3.05, 3.63) is 40.9 Å². The summed E-state index contributed by atoms with van der Waals surface area (Å²) >= 11 is 6.12. The molecule has 1 spiro atoms. The van der Waals surface area contributed by atoms with Crippen LogP contribution in [0.3, 0.4) is 0 Å². The number of hydrogen-bond acceptors (Lipinski definition) is 4. The maximum atomic E-state index is 12.1. The molecule has 2 atom stereocenters. The molecule has 4 heterocycles. The lowest BCUT2D eigenvalue weighted by molar-refractivity contribution is 0.0841. The lowest BCUT2D eigenvalue weighted by atomic mass is 9.68. The molecule has 1 saturated heterocycles. The Kier molecular flexibility index (Phi) is 5.56. The van der Waals surface area contributed by atoms with Crippen LogP contribution in [0, 0.1) is 5.41 Å². The van der Waals surface area contributed by atoms with Crippen molar-refractivity contribution < 1.29 is 9.90 Å². The quantitative estimate of drug-likeness (QED) is 0.517. The van der Waals surface area contributed by atoms with Gasteiger partial charge in [-0.3, -0.25) is 9.58 Å². The normalized spacial score (nSPS) is 22.8. The van der Waals surface area contributed by atoms with Gasteiger partial charge in [-0.2, -0.15) is 5.10 Å². The predicted octanol–water partition coefficient (Wildman–Crippen LogP) is 5.21. The largest absolute Gasteiger partial charge is 0.465 e. The first-order valence-electron chi connectivity index (χ1n) is 12.8. The molecule has 1 aromatic carbocycles. The number of nitrogens with one attached hydrogen (secondary N) is 1. The Morgan fingerprint density at radius 3 is 2.69 bits per heavy atom. The molecule has 8 nitrogen and oxygen atoms in total. The number of benzene rings is 1. The lowest BCUT2D eigenvalue weighted by Crippen LogP contribution is -2.54. The fraction of sp³-hybridized carbons (Fsp3) is 0.577. The van der Waals surface area contributed by atoms with Crippen LogP contribution in [0.5, 0.6) is 0 Å². The average Bonchev–Trinajstić information content (AvgIpc) is 3.40. The zero-order chi connectivity index (χ0) is 24.3. The zero-order valence-electron chi connectivity index (χ0n) is 20.4. The lowest BCUT2D eigenvalue weighted by Gasteiger charge is -2.48. The van der Waals surface area contributed by atoms with Crippen molar-refractivity contribution in [3.63, 3.8) is 0 Å². The van der Waals surface area contributed by atoms with Gasteiger partial charge in [-0.05, 0) is 63.0 Å². The maximum Gasteiger partial charge on any atom is 0.412 e. The minimum atomic E-state index is -0.895. The van der Waals surface area contributed by atoms with Crippen LogP contribution in [0.2, 0.25) is 5.02 Å². The van der Waals surface area contributed by atoms with E-state index in [0.717, 1.165) is 66.9 Å². The van der Waals surface area contributed by atoms with Gasteiger partial charge in [-0.25, -0.2) is 9.78 Å². The number of carbonyl (C=O) groups is 1. The highest BCUT2D eigenvalue weighted by atomic mass is 35.5. The van der Waals surface area contributed by atoms with Gasteiger partial charge in [0.05, 0.1) is 34.5 Å². The number of aromatic nitrogens is 4. The molecule has 3 aliphatic rings. The van der Waals surface area contributed by atoms with E-state index < -0.39 is 6.09 Å². The van der Waals surface area contributed by atoms with Gasteiger partial charge < -0.3 is 15.0 Å². The van der Waals surface area contributed by atoms with Gasteiger partial charge in [0, 0.05) is 42.9 Å². The van der Waals surface area contributed by atoms with Crippen molar-refractivity contribution >= 4 is 34.4 Å². The number of amides is 1. The summed E-state index contributed by atoms with van der Waals surface area (Å²) in [5.74, 6) is 1.20. The fourth-order valence-corrected chi connectivity index (χ4v) is 6.70. The van der Waals surface area contributed by atoms with E-state index in [4.69, 9.17) is 16.6 Å². The molecule has 2 N–H and O–H groups in total. The highest BCUT2D eigenvalue weighted by Gasteiger charge is 2.41. The Morgan fingerprint density at radius 2 is 2.06 bits per heavy atom.